The number of nitrogens with zero attached hydrogens (tertiary/aromatic N) is 1. The van der Waals surface area contributed by atoms with Gasteiger partial charge in [-0.15, -0.1) is 0 Å². The molecule has 7 heteroatoms. The monoisotopic (exact) mass is 376 g/mol. The summed E-state index contributed by atoms with van der Waals surface area (Å²) >= 11 is 0. The number of fused-ring (bicyclic) bond motifs is 1. The topological polar surface area (TPSA) is 66.5 Å². The molecule has 1 heterocycles. The first-order chi connectivity index (χ1) is 12.3. The number of nitrogens with one attached hydrogen (secondary N) is 1. The average molecular weight is 376 g/mol. The number of aryl methyl sites for hydroxylation is 2. The Hall–Kier alpha value is -2.41. The Kier molecular flexibility index (Phi) is 5.27. The maximum absolute atomic E-state index is 13.2. The zero-order valence-electron chi connectivity index (χ0n) is 14.5. The van der Waals surface area contributed by atoms with Crippen molar-refractivity contribution in [3.8, 4) is 0 Å². The van der Waals surface area contributed by atoms with Crippen LogP contribution in [0, 0.1) is 5.82 Å². The van der Waals surface area contributed by atoms with Crippen LogP contribution in [0.5, 0.6) is 0 Å². The lowest BCUT2D eigenvalue weighted by atomic mass is 10.0. The SMILES string of the molecule is CS(=O)(=O)N1CCCc2ccc(NC(=O)CCc3cccc(F)c3)cc21. The van der Waals surface area contributed by atoms with Gasteiger partial charge in [-0.25, -0.2) is 12.8 Å². The molecular formula is C19H21FN2O3S. The van der Waals surface area contributed by atoms with Crippen LogP contribution in [0.1, 0.15) is 24.0 Å². The fraction of sp³-hybridized carbons (Fsp3) is 0.316. The molecule has 0 aliphatic carbocycles. The van der Waals surface area contributed by atoms with Gasteiger partial charge < -0.3 is 5.32 Å². The first kappa shape index (κ1) is 18.4. The Morgan fingerprint density at radius 3 is 2.77 bits per heavy atom. The molecule has 138 valence electrons. The third kappa shape index (κ3) is 4.40. The van der Waals surface area contributed by atoms with E-state index < -0.39 is 10.0 Å². The number of carbonyl (C=O) groups excluding carboxylic acids is 1. The molecule has 2 aromatic carbocycles. The highest BCUT2D eigenvalue weighted by Crippen LogP contribution is 2.31. The first-order valence-electron chi connectivity index (χ1n) is 8.48. The number of rotatable bonds is 5. The van der Waals surface area contributed by atoms with Gasteiger partial charge in [-0.1, -0.05) is 18.2 Å². The van der Waals surface area contributed by atoms with Crippen molar-refractivity contribution in [2.45, 2.75) is 25.7 Å². The molecule has 0 bridgehead atoms. The highest BCUT2D eigenvalue weighted by Gasteiger charge is 2.24. The second-order valence-electron chi connectivity index (χ2n) is 6.46. The molecule has 0 fully saturated rings. The van der Waals surface area contributed by atoms with Crippen molar-refractivity contribution in [3.05, 3.63) is 59.4 Å². The molecule has 26 heavy (non-hydrogen) atoms. The number of hydrogen-bond donors (Lipinski definition) is 1. The second kappa shape index (κ2) is 7.45. The molecule has 0 saturated heterocycles. The molecule has 0 spiro atoms. The van der Waals surface area contributed by atoms with Gasteiger partial charge in [-0.2, -0.15) is 0 Å². The summed E-state index contributed by atoms with van der Waals surface area (Å²) in [4.78, 5) is 12.2. The van der Waals surface area contributed by atoms with E-state index in [2.05, 4.69) is 5.32 Å². The Balaban J connectivity index is 1.69. The zero-order chi connectivity index (χ0) is 18.7. The molecule has 2 aromatic rings. The summed E-state index contributed by atoms with van der Waals surface area (Å²) in [6, 6.07) is 11.5. The molecule has 3 rings (SSSR count). The van der Waals surface area contributed by atoms with Crippen LogP contribution in [0.15, 0.2) is 42.5 Å². The molecule has 1 aliphatic rings. The number of benzene rings is 2. The Morgan fingerprint density at radius 2 is 2.04 bits per heavy atom. The summed E-state index contributed by atoms with van der Waals surface area (Å²) in [5, 5.41) is 2.79. The van der Waals surface area contributed by atoms with Gasteiger partial charge in [0.15, 0.2) is 0 Å². The van der Waals surface area contributed by atoms with E-state index in [0.29, 0.717) is 24.3 Å². The predicted molar refractivity (Wildman–Crippen MR) is 100 cm³/mol. The Morgan fingerprint density at radius 1 is 1.23 bits per heavy atom. The van der Waals surface area contributed by atoms with Crippen LogP contribution < -0.4 is 9.62 Å². The molecule has 0 aromatic heterocycles. The summed E-state index contributed by atoms with van der Waals surface area (Å²) in [6.07, 6.45) is 3.43. The smallest absolute Gasteiger partial charge is 0.232 e. The highest BCUT2D eigenvalue weighted by molar-refractivity contribution is 7.92. The van der Waals surface area contributed by atoms with Crippen LogP contribution in [0.2, 0.25) is 0 Å². The summed E-state index contributed by atoms with van der Waals surface area (Å²) < 4.78 is 38.5. The minimum Gasteiger partial charge on any atom is -0.326 e. The summed E-state index contributed by atoms with van der Waals surface area (Å²) in [5.74, 6) is -0.519. The average Bonchev–Trinajstić information content (AvgIpc) is 2.58. The minimum absolute atomic E-state index is 0.198. The third-order valence-corrected chi connectivity index (χ3v) is 5.56. The van der Waals surface area contributed by atoms with Crippen LogP contribution in [0.4, 0.5) is 15.8 Å². The van der Waals surface area contributed by atoms with Gasteiger partial charge in [0, 0.05) is 18.7 Å². The van der Waals surface area contributed by atoms with Crippen molar-refractivity contribution in [2.75, 3.05) is 22.4 Å². The van der Waals surface area contributed by atoms with Gasteiger partial charge >= 0.3 is 0 Å². The molecule has 1 N–H and O–H groups in total. The van der Waals surface area contributed by atoms with E-state index in [4.69, 9.17) is 0 Å². The molecule has 0 unspecified atom stereocenters. The van der Waals surface area contributed by atoms with Gasteiger partial charge in [0.25, 0.3) is 0 Å². The molecule has 1 aliphatic heterocycles. The number of carbonyl (C=O) groups is 1. The van der Waals surface area contributed by atoms with E-state index in [1.54, 1.807) is 24.3 Å². The first-order valence-corrected chi connectivity index (χ1v) is 10.3. The second-order valence-corrected chi connectivity index (χ2v) is 8.37. The van der Waals surface area contributed by atoms with Crippen LogP contribution in [0.25, 0.3) is 0 Å². The zero-order valence-corrected chi connectivity index (χ0v) is 15.4. The van der Waals surface area contributed by atoms with Crippen LogP contribution in [-0.4, -0.2) is 27.1 Å². The van der Waals surface area contributed by atoms with Crippen molar-refractivity contribution in [1.82, 2.24) is 0 Å². The molecular weight excluding hydrogens is 355 g/mol. The van der Waals surface area contributed by atoms with Crippen molar-refractivity contribution in [1.29, 1.82) is 0 Å². The quantitative estimate of drug-likeness (QED) is 0.872. The maximum Gasteiger partial charge on any atom is 0.232 e. The maximum atomic E-state index is 13.2. The van der Waals surface area contributed by atoms with Gasteiger partial charge in [-0.05, 0) is 54.7 Å². The van der Waals surface area contributed by atoms with E-state index in [9.17, 15) is 17.6 Å². The number of anilines is 2. The van der Waals surface area contributed by atoms with Crippen LogP contribution >= 0.6 is 0 Å². The number of sulfonamides is 1. The predicted octanol–water partition coefficient (Wildman–Crippen LogP) is 3.11. The van der Waals surface area contributed by atoms with E-state index in [0.717, 1.165) is 24.0 Å². The summed E-state index contributed by atoms with van der Waals surface area (Å²) in [5.41, 5.74) is 2.90. The van der Waals surface area contributed by atoms with E-state index in [-0.39, 0.29) is 18.1 Å². The van der Waals surface area contributed by atoms with Crippen LogP contribution in [-0.2, 0) is 27.7 Å². The summed E-state index contributed by atoms with van der Waals surface area (Å²) in [6.45, 7) is 0.447. The van der Waals surface area contributed by atoms with Gasteiger partial charge in [-0.3, -0.25) is 9.10 Å². The van der Waals surface area contributed by atoms with E-state index in [1.807, 2.05) is 6.07 Å². The fourth-order valence-corrected chi connectivity index (χ4v) is 4.13. The molecule has 0 atom stereocenters. The van der Waals surface area contributed by atoms with Crippen molar-refractivity contribution in [2.24, 2.45) is 0 Å². The van der Waals surface area contributed by atoms with E-state index >= 15 is 0 Å². The highest BCUT2D eigenvalue weighted by atomic mass is 32.2. The normalized spacial score (nSPS) is 14.0. The molecule has 0 radical (unpaired) electrons. The largest absolute Gasteiger partial charge is 0.326 e. The van der Waals surface area contributed by atoms with Crippen molar-refractivity contribution < 1.29 is 17.6 Å². The van der Waals surface area contributed by atoms with Crippen molar-refractivity contribution >= 4 is 27.3 Å². The lowest BCUT2D eigenvalue weighted by Crippen LogP contribution is -2.34. The Bertz CT molecular complexity index is 928. The number of hydrogen-bond acceptors (Lipinski definition) is 3. The number of halogens is 1. The molecule has 5 nitrogen and oxygen atoms in total. The van der Waals surface area contributed by atoms with Crippen LogP contribution in [0.3, 0.4) is 0 Å². The summed E-state index contributed by atoms with van der Waals surface area (Å²) in [7, 11) is -3.35. The fourth-order valence-electron chi connectivity index (χ4n) is 3.14. The molecule has 1 amide bonds. The molecule has 0 saturated carbocycles. The van der Waals surface area contributed by atoms with Crippen molar-refractivity contribution in [3.63, 3.8) is 0 Å². The minimum atomic E-state index is -3.35. The van der Waals surface area contributed by atoms with Gasteiger partial charge in [0.05, 0.1) is 11.9 Å². The Labute approximate surface area is 152 Å². The standard InChI is InChI=1S/C19H21FN2O3S/c1-26(24,25)22-11-3-5-15-8-9-17(13-18(15)22)21-19(23)10-7-14-4-2-6-16(20)12-14/h2,4,6,8-9,12-13H,3,5,7,10-11H2,1H3,(H,21,23). The number of amides is 1. The lowest BCUT2D eigenvalue weighted by Gasteiger charge is -2.29. The van der Waals surface area contributed by atoms with E-state index in [1.165, 1.54) is 22.7 Å². The lowest BCUT2D eigenvalue weighted by molar-refractivity contribution is -0.116. The third-order valence-electron chi connectivity index (χ3n) is 4.38. The van der Waals surface area contributed by atoms with Gasteiger partial charge in [0.2, 0.25) is 15.9 Å². The van der Waals surface area contributed by atoms with Gasteiger partial charge in [0.1, 0.15) is 5.82 Å².